The first-order valence-electron chi connectivity index (χ1n) is 8.69. The van der Waals surface area contributed by atoms with Gasteiger partial charge in [-0.25, -0.2) is 0 Å². The Bertz CT molecular complexity index is 1020. The van der Waals surface area contributed by atoms with Crippen molar-refractivity contribution in [3.63, 3.8) is 0 Å². The zero-order valence-electron chi connectivity index (χ0n) is 15.0. The molecule has 1 fully saturated rings. The third kappa shape index (κ3) is 3.52. The highest BCUT2D eigenvalue weighted by molar-refractivity contribution is 7.99. The quantitative estimate of drug-likeness (QED) is 0.463. The molecule has 10 heteroatoms. The van der Waals surface area contributed by atoms with Crippen LogP contribution < -0.4 is 0 Å². The fourth-order valence-corrected chi connectivity index (χ4v) is 5.02. The van der Waals surface area contributed by atoms with Crippen molar-refractivity contribution in [2.45, 2.75) is 28.9 Å². The summed E-state index contributed by atoms with van der Waals surface area (Å²) in [5.74, 6) is -0.172. The molecule has 1 aliphatic heterocycles. The molecule has 0 saturated carbocycles. The number of nitrogens with zero attached hydrogens (tertiary/aromatic N) is 5. The Labute approximate surface area is 169 Å². The smallest absolute Gasteiger partial charge is 0.284 e. The molecule has 0 bridgehead atoms. The maximum atomic E-state index is 13.1. The van der Waals surface area contributed by atoms with Crippen LogP contribution in [0.3, 0.4) is 0 Å². The van der Waals surface area contributed by atoms with E-state index in [1.807, 2.05) is 22.4 Å². The van der Waals surface area contributed by atoms with E-state index in [4.69, 9.17) is 0 Å². The number of amides is 1. The number of carbonyl (C=O) groups excluding carboxylic acids is 1. The van der Waals surface area contributed by atoms with Crippen LogP contribution in [0.1, 0.15) is 34.1 Å². The van der Waals surface area contributed by atoms with E-state index in [9.17, 15) is 14.9 Å². The maximum Gasteiger partial charge on any atom is 0.284 e. The second kappa shape index (κ2) is 7.72. The Hall–Kier alpha value is -2.72. The van der Waals surface area contributed by atoms with Crippen LogP contribution >= 0.6 is 23.1 Å². The Balaban J connectivity index is 1.63. The highest BCUT2D eigenvalue weighted by Crippen LogP contribution is 2.37. The molecule has 1 amide bonds. The number of likely N-dealkylation sites (tertiary alicyclic amines) is 1. The highest BCUT2D eigenvalue weighted by Gasteiger charge is 2.32. The van der Waals surface area contributed by atoms with E-state index in [0.717, 1.165) is 29.5 Å². The van der Waals surface area contributed by atoms with Gasteiger partial charge in [0, 0.05) is 30.1 Å². The van der Waals surface area contributed by atoms with Gasteiger partial charge in [-0.1, -0.05) is 6.07 Å². The number of rotatable bonds is 5. The van der Waals surface area contributed by atoms with Crippen molar-refractivity contribution in [2.75, 3.05) is 6.54 Å². The van der Waals surface area contributed by atoms with Crippen LogP contribution in [0.5, 0.6) is 0 Å². The lowest BCUT2D eigenvalue weighted by molar-refractivity contribution is -0.387. The summed E-state index contributed by atoms with van der Waals surface area (Å²) in [7, 11) is 1.77. The number of nitro benzene ring substituents is 1. The van der Waals surface area contributed by atoms with Crippen LogP contribution in [-0.4, -0.2) is 37.0 Å². The first kappa shape index (κ1) is 18.6. The number of hydrogen-bond donors (Lipinski definition) is 0. The number of aryl methyl sites for hydroxylation is 1. The van der Waals surface area contributed by atoms with Crippen molar-refractivity contribution in [3.05, 3.63) is 62.6 Å². The maximum absolute atomic E-state index is 13.1. The zero-order valence-corrected chi connectivity index (χ0v) is 16.7. The van der Waals surface area contributed by atoms with Crippen molar-refractivity contribution in [1.82, 2.24) is 19.7 Å². The summed E-state index contributed by atoms with van der Waals surface area (Å²) in [6.45, 7) is 0.657. The summed E-state index contributed by atoms with van der Waals surface area (Å²) in [4.78, 5) is 27.6. The summed E-state index contributed by atoms with van der Waals surface area (Å²) >= 11 is 2.78. The number of benzene rings is 1. The number of carbonyl (C=O) groups is 1. The molecule has 0 aliphatic carbocycles. The first-order valence-corrected chi connectivity index (χ1v) is 10.4. The van der Waals surface area contributed by atoms with Crippen LogP contribution in [0.2, 0.25) is 0 Å². The highest BCUT2D eigenvalue weighted by atomic mass is 32.2. The van der Waals surface area contributed by atoms with Gasteiger partial charge in [0.05, 0.1) is 15.9 Å². The fraction of sp³-hybridized carbons (Fsp3) is 0.278. The summed E-state index contributed by atoms with van der Waals surface area (Å²) in [6, 6.07) is 8.68. The summed E-state index contributed by atoms with van der Waals surface area (Å²) in [5.41, 5.74) is 0.225. The van der Waals surface area contributed by atoms with E-state index in [-0.39, 0.29) is 17.6 Å². The third-order valence-electron chi connectivity index (χ3n) is 4.66. The van der Waals surface area contributed by atoms with Gasteiger partial charge in [0.2, 0.25) is 0 Å². The van der Waals surface area contributed by atoms with E-state index in [2.05, 4.69) is 10.2 Å². The zero-order chi connectivity index (χ0) is 19.7. The second-order valence-electron chi connectivity index (χ2n) is 6.44. The summed E-state index contributed by atoms with van der Waals surface area (Å²) < 4.78 is 1.68. The van der Waals surface area contributed by atoms with E-state index in [1.54, 1.807) is 35.1 Å². The van der Waals surface area contributed by atoms with Gasteiger partial charge in [0.1, 0.15) is 6.33 Å². The predicted molar refractivity (Wildman–Crippen MR) is 106 cm³/mol. The molecule has 3 heterocycles. The molecule has 1 saturated heterocycles. The molecule has 0 spiro atoms. The monoisotopic (exact) mass is 415 g/mol. The van der Waals surface area contributed by atoms with Crippen molar-refractivity contribution >= 4 is 34.7 Å². The summed E-state index contributed by atoms with van der Waals surface area (Å²) in [5, 5.41) is 21.9. The molecule has 1 unspecified atom stereocenters. The Morgan fingerprint density at radius 1 is 1.39 bits per heavy atom. The van der Waals surface area contributed by atoms with Gasteiger partial charge in [-0.2, -0.15) is 0 Å². The lowest BCUT2D eigenvalue weighted by Crippen LogP contribution is -2.30. The van der Waals surface area contributed by atoms with Crippen molar-refractivity contribution in [3.8, 4) is 0 Å². The van der Waals surface area contributed by atoms with Gasteiger partial charge in [0.15, 0.2) is 5.16 Å². The minimum absolute atomic E-state index is 0.0410. The SMILES string of the molecule is Cn1cnnc1Sc1ccc(C(=O)N2CCCC2c2cccs2)cc1[N+](=O)[O-]. The molecule has 8 nitrogen and oxygen atoms in total. The van der Waals surface area contributed by atoms with Gasteiger partial charge in [0.25, 0.3) is 11.6 Å². The number of thiophene rings is 1. The molecule has 0 radical (unpaired) electrons. The molecule has 3 aromatic rings. The van der Waals surface area contributed by atoms with Crippen LogP contribution in [0.25, 0.3) is 0 Å². The fourth-order valence-electron chi connectivity index (χ4n) is 3.30. The third-order valence-corrected chi connectivity index (χ3v) is 6.75. The van der Waals surface area contributed by atoms with E-state index < -0.39 is 4.92 Å². The van der Waals surface area contributed by atoms with Gasteiger partial charge in [-0.15, -0.1) is 21.5 Å². The second-order valence-corrected chi connectivity index (χ2v) is 8.43. The predicted octanol–water partition coefficient (Wildman–Crippen LogP) is 3.91. The van der Waals surface area contributed by atoms with Gasteiger partial charge < -0.3 is 9.47 Å². The molecular weight excluding hydrogens is 398 g/mol. The van der Waals surface area contributed by atoms with Crippen molar-refractivity contribution in [2.24, 2.45) is 7.05 Å². The molecule has 4 rings (SSSR count). The number of aromatic nitrogens is 3. The average Bonchev–Trinajstić information content (AvgIpc) is 3.43. The molecule has 2 aromatic heterocycles. The molecule has 144 valence electrons. The molecule has 28 heavy (non-hydrogen) atoms. The average molecular weight is 416 g/mol. The van der Waals surface area contributed by atoms with Gasteiger partial charge in [-0.05, 0) is 48.2 Å². The Morgan fingerprint density at radius 2 is 2.25 bits per heavy atom. The van der Waals surface area contributed by atoms with Crippen molar-refractivity contribution in [1.29, 1.82) is 0 Å². The minimum Gasteiger partial charge on any atom is -0.331 e. The van der Waals surface area contributed by atoms with Crippen LogP contribution in [0.4, 0.5) is 5.69 Å². The lowest BCUT2D eigenvalue weighted by Gasteiger charge is -2.24. The summed E-state index contributed by atoms with van der Waals surface area (Å²) in [6.07, 6.45) is 3.37. The van der Waals surface area contributed by atoms with E-state index >= 15 is 0 Å². The molecule has 1 aromatic carbocycles. The standard InChI is InChI=1S/C18H17N5O3S2/c1-21-11-19-20-18(21)28-16-7-6-12(10-14(16)23(25)26)17(24)22-8-2-4-13(22)15-5-3-9-27-15/h3,5-7,9-11,13H,2,4,8H2,1H3. The molecule has 0 N–H and O–H groups in total. The molecule has 1 atom stereocenters. The van der Waals surface area contributed by atoms with Crippen LogP contribution in [0, 0.1) is 10.1 Å². The Morgan fingerprint density at radius 3 is 2.93 bits per heavy atom. The molecule has 1 aliphatic rings. The van der Waals surface area contributed by atoms with Crippen molar-refractivity contribution < 1.29 is 9.72 Å². The Kier molecular flexibility index (Phi) is 5.14. The number of nitro groups is 1. The molecular formula is C18H17N5O3S2. The van der Waals surface area contributed by atoms with Crippen LogP contribution in [-0.2, 0) is 7.05 Å². The van der Waals surface area contributed by atoms with E-state index in [0.29, 0.717) is 22.2 Å². The number of hydrogen-bond acceptors (Lipinski definition) is 7. The largest absolute Gasteiger partial charge is 0.331 e. The topological polar surface area (TPSA) is 94.2 Å². The first-order chi connectivity index (χ1) is 13.5. The van der Waals surface area contributed by atoms with Gasteiger partial charge >= 0.3 is 0 Å². The normalized spacial score (nSPS) is 16.5. The van der Waals surface area contributed by atoms with E-state index in [1.165, 1.54) is 12.4 Å². The van der Waals surface area contributed by atoms with Crippen LogP contribution in [0.15, 0.2) is 52.1 Å². The lowest BCUT2D eigenvalue weighted by atomic mass is 10.1. The minimum atomic E-state index is -0.462. The van der Waals surface area contributed by atoms with Gasteiger partial charge in [-0.3, -0.25) is 14.9 Å².